The third-order valence-corrected chi connectivity index (χ3v) is 4.20. The van der Waals surface area contributed by atoms with E-state index < -0.39 is 0 Å². The Morgan fingerprint density at radius 2 is 1.82 bits per heavy atom. The zero-order valence-electron chi connectivity index (χ0n) is 16.9. The van der Waals surface area contributed by atoms with Crippen molar-refractivity contribution in [2.75, 3.05) is 19.6 Å². The van der Waals surface area contributed by atoms with Gasteiger partial charge in [-0.2, -0.15) is 0 Å². The maximum absolute atomic E-state index is 12.1. The van der Waals surface area contributed by atoms with Gasteiger partial charge in [-0.1, -0.05) is 31.5 Å². The molecular weight excluding hydrogens is 350 g/mol. The van der Waals surface area contributed by atoms with Crippen LogP contribution in [0.3, 0.4) is 0 Å². The van der Waals surface area contributed by atoms with Gasteiger partial charge in [-0.15, -0.1) is 0 Å². The van der Waals surface area contributed by atoms with Gasteiger partial charge in [-0.25, -0.2) is 4.99 Å². The monoisotopic (exact) mass is 381 g/mol. The maximum Gasteiger partial charge on any atom is 0.251 e. The minimum Gasteiger partial charge on any atom is -0.357 e. The minimum atomic E-state index is -0.0203. The van der Waals surface area contributed by atoms with Crippen LogP contribution in [0.4, 0.5) is 0 Å². The van der Waals surface area contributed by atoms with Gasteiger partial charge in [-0.05, 0) is 43.2 Å². The van der Waals surface area contributed by atoms with Crippen molar-refractivity contribution in [2.24, 2.45) is 4.99 Å². The van der Waals surface area contributed by atoms with E-state index in [1.165, 1.54) is 0 Å². The van der Waals surface area contributed by atoms with E-state index >= 15 is 0 Å². The molecule has 6 heteroatoms. The lowest BCUT2D eigenvalue weighted by Gasteiger charge is -2.11. The molecule has 0 aliphatic carbocycles. The Morgan fingerprint density at radius 3 is 2.50 bits per heavy atom. The van der Waals surface area contributed by atoms with Crippen molar-refractivity contribution in [1.82, 2.24) is 20.9 Å². The molecule has 0 atom stereocenters. The number of aliphatic imine (C=N–C) groups is 1. The van der Waals surface area contributed by atoms with E-state index in [4.69, 9.17) is 0 Å². The molecule has 150 valence electrons. The van der Waals surface area contributed by atoms with Crippen LogP contribution < -0.4 is 16.0 Å². The van der Waals surface area contributed by atoms with Gasteiger partial charge in [0.25, 0.3) is 5.91 Å². The summed E-state index contributed by atoms with van der Waals surface area (Å²) in [5, 5.41) is 9.52. The van der Waals surface area contributed by atoms with E-state index in [1.807, 2.05) is 55.6 Å². The molecule has 3 N–H and O–H groups in total. The highest BCUT2D eigenvalue weighted by molar-refractivity contribution is 5.94. The van der Waals surface area contributed by atoms with E-state index in [0.717, 1.165) is 56.1 Å². The second-order valence-corrected chi connectivity index (χ2v) is 6.50. The van der Waals surface area contributed by atoms with Crippen molar-refractivity contribution in [3.63, 3.8) is 0 Å². The summed E-state index contributed by atoms with van der Waals surface area (Å²) in [5.41, 5.74) is 2.80. The number of nitrogens with zero attached hydrogens (tertiary/aromatic N) is 2. The standard InChI is InChI=1S/C22H31N5O/c1-3-5-14-25-21(28)19-11-9-18(10-12-19)17-27-22(23-4-2)26-16-13-20-8-6-7-15-24-20/h6-12,15H,3-5,13-14,16-17H2,1-2H3,(H,25,28)(H2,23,26,27). The molecule has 1 aromatic carbocycles. The Kier molecular flexibility index (Phi) is 9.55. The number of carbonyl (C=O) groups is 1. The zero-order valence-corrected chi connectivity index (χ0v) is 16.9. The fourth-order valence-corrected chi connectivity index (χ4v) is 2.61. The summed E-state index contributed by atoms with van der Waals surface area (Å²) in [6.07, 6.45) is 4.72. The first kappa shape index (κ1) is 21.4. The van der Waals surface area contributed by atoms with Crippen molar-refractivity contribution in [3.05, 3.63) is 65.5 Å². The Balaban J connectivity index is 1.84. The Labute approximate surface area is 167 Å². The summed E-state index contributed by atoms with van der Waals surface area (Å²) in [6.45, 7) is 6.98. The van der Waals surface area contributed by atoms with Crippen LogP contribution in [0, 0.1) is 0 Å². The van der Waals surface area contributed by atoms with Crippen LogP contribution in [0.1, 0.15) is 48.3 Å². The van der Waals surface area contributed by atoms with Gasteiger partial charge in [0.05, 0.1) is 6.54 Å². The van der Waals surface area contributed by atoms with E-state index in [1.54, 1.807) is 0 Å². The summed E-state index contributed by atoms with van der Waals surface area (Å²) in [4.78, 5) is 21.0. The van der Waals surface area contributed by atoms with Crippen LogP contribution >= 0.6 is 0 Å². The number of nitrogens with one attached hydrogen (secondary N) is 3. The third-order valence-electron chi connectivity index (χ3n) is 4.20. The molecule has 2 rings (SSSR count). The van der Waals surface area contributed by atoms with E-state index in [0.29, 0.717) is 12.1 Å². The topological polar surface area (TPSA) is 78.4 Å². The van der Waals surface area contributed by atoms with Crippen molar-refractivity contribution in [3.8, 4) is 0 Å². The molecule has 28 heavy (non-hydrogen) atoms. The molecule has 0 saturated carbocycles. The quantitative estimate of drug-likeness (QED) is 0.336. The number of hydrogen-bond acceptors (Lipinski definition) is 3. The minimum absolute atomic E-state index is 0.0203. The lowest BCUT2D eigenvalue weighted by Crippen LogP contribution is -2.38. The largest absolute Gasteiger partial charge is 0.357 e. The number of unbranched alkanes of at least 4 members (excludes halogenated alkanes) is 1. The average molecular weight is 382 g/mol. The van der Waals surface area contributed by atoms with Crippen LogP contribution in [0.5, 0.6) is 0 Å². The average Bonchev–Trinajstić information content (AvgIpc) is 2.73. The number of aromatic nitrogens is 1. The van der Waals surface area contributed by atoms with Gasteiger partial charge in [0.1, 0.15) is 0 Å². The summed E-state index contributed by atoms with van der Waals surface area (Å²) in [6, 6.07) is 13.6. The molecule has 2 aromatic rings. The first-order valence-electron chi connectivity index (χ1n) is 10.0. The fraction of sp³-hybridized carbons (Fsp3) is 0.409. The molecular formula is C22H31N5O. The SMILES string of the molecule is CCCCNC(=O)c1ccc(CN=C(NCC)NCCc2ccccn2)cc1. The number of guanidine groups is 1. The van der Waals surface area contributed by atoms with Gasteiger partial charge in [0.15, 0.2) is 5.96 Å². The highest BCUT2D eigenvalue weighted by Crippen LogP contribution is 2.06. The highest BCUT2D eigenvalue weighted by Gasteiger charge is 2.04. The predicted molar refractivity (Wildman–Crippen MR) is 114 cm³/mol. The number of benzene rings is 1. The Hall–Kier alpha value is -2.89. The molecule has 1 amide bonds. The third kappa shape index (κ3) is 7.78. The van der Waals surface area contributed by atoms with Crippen molar-refractivity contribution in [2.45, 2.75) is 39.7 Å². The summed E-state index contributed by atoms with van der Waals surface area (Å²) in [7, 11) is 0. The second-order valence-electron chi connectivity index (χ2n) is 6.50. The molecule has 0 fully saturated rings. The first-order chi connectivity index (χ1) is 13.7. The van der Waals surface area contributed by atoms with Crippen LogP contribution in [0.15, 0.2) is 53.7 Å². The molecule has 0 aliphatic heterocycles. The zero-order chi connectivity index (χ0) is 20.0. The number of amides is 1. The Bertz CT molecular complexity index is 728. The number of carbonyl (C=O) groups excluding carboxylic acids is 1. The lowest BCUT2D eigenvalue weighted by molar-refractivity contribution is 0.0953. The summed E-state index contributed by atoms with van der Waals surface area (Å²) in [5.74, 6) is 0.757. The summed E-state index contributed by atoms with van der Waals surface area (Å²) < 4.78 is 0. The predicted octanol–water partition coefficient (Wildman–Crippen LogP) is 2.91. The molecule has 0 radical (unpaired) electrons. The maximum atomic E-state index is 12.1. The van der Waals surface area contributed by atoms with Gasteiger partial charge in [-0.3, -0.25) is 9.78 Å². The van der Waals surface area contributed by atoms with Crippen molar-refractivity contribution in [1.29, 1.82) is 0 Å². The van der Waals surface area contributed by atoms with Gasteiger partial charge < -0.3 is 16.0 Å². The van der Waals surface area contributed by atoms with Crippen LogP contribution in [0.2, 0.25) is 0 Å². The number of pyridine rings is 1. The molecule has 6 nitrogen and oxygen atoms in total. The highest BCUT2D eigenvalue weighted by atomic mass is 16.1. The van der Waals surface area contributed by atoms with E-state index in [2.05, 4.69) is 32.9 Å². The molecule has 1 aromatic heterocycles. The number of rotatable bonds is 10. The lowest BCUT2D eigenvalue weighted by atomic mass is 10.1. The molecule has 0 spiro atoms. The molecule has 0 saturated heterocycles. The molecule has 0 unspecified atom stereocenters. The van der Waals surface area contributed by atoms with Crippen LogP contribution in [-0.4, -0.2) is 36.5 Å². The summed E-state index contributed by atoms with van der Waals surface area (Å²) >= 11 is 0. The normalized spacial score (nSPS) is 11.1. The van der Waals surface area contributed by atoms with Crippen LogP contribution in [-0.2, 0) is 13.0 Å². The van der Waals surface area contributed by atoms with Gasteiger partial charge in [0, 0.05) is 43.5 Å². The number of hydrogen-bond donors (Lipinski definition) is 3. The second kappa shape index (κ2) is 12.5. The molecule has 1 heterocycles. The Morgan fingerprint density at radius 1 is 1.00 bits per heavy atom. The molecule has 0 bridgehead atoms. The van der Waals surface area contributed by atoms with Crippen molar-refractivity contribution < 1.29 is 4.79 Å². The van der Waals surface area contributed by atoms with E-state index in [9.17, 15) is 4.79 Å². The van der Waals surface area contributed by atoms with Crippen molar-refractivity contribution >= 4 is 11.9 Å². The van der Waals surface area contributed by atoms with Gasteiger partial charge in [0.2, 0.25) is 0 Å². The fourth-order valence-electron chi connectivity index (χ4n) is 2.61. The van der Waals surface area contributed by atoms with E-state index in [-0.39, 0.29) is 5.91 Å². The van der Waals surface area contributed by atoms with Gasteiger partial charge >= 0.3 is 0 Å². The smallest absolute Gasteiger partial charge is 0.251 e. The first-order valence-corrected chi connectivity index (χ1v) is 10.0. The molecule has 0 aliphatic rings. The van der Waals surface area contributed by atoms with Crippen LogP contribution in [0.25, 0.3) is 0 Å².